The number of fused-ring (bicyclic) bond motifs is 1. The van der Waals surface area contributed by atoms with Gasteiger partial charge in [-0.2, -0.15) is 0 Å². The molecule has 0 saturated heterocycles. The Kier molecular flexibility index (Phi) is 4.16. The van der Waals surface area contributed by atoms with Gasteiger partial charge < -0.3 is 15.7 Å². The number of nitrogens with one attached hydrogen (secondary N) is 2. The van der Waals surface area contributed by atoms with E-state index in [1.807, 2.05) is 12.1 Å². The van der Waals surface area contributed by atoms with E-state index in [1.165, 1.54) is 0 Å². The molecule has 1 aliphatic rings. The SMILES string of the molecule is CC(CNCc1ccc2c(c1)CCC(=O)N2)C(=O)O. The minimum Gasteiger partial charge on any atom is -0.481 e. The van der Waals surface area contributed by atoms with Crippen molar-refractivity contribution in [2.75, 3.05) is 11.9 Å². The monoisotopic (exact) mass is 262 g/mol. The number of benzene rings is 1. The van der Waals surface area contributed by atoms with Crippen molar-refractivity contribution in [1.82, 2.24) is 5.32 Å². The van der Waals surface area contributed by atoms with Gasteiger partial charge in [0.1, 0.15) is 0 Å². The molecule has 5 nitrogen and oxygen atoms in total. The molecule has 3 N–H and O–H groups in total. The number of carboxylic acid groups (broad SMARTS) is 1. The van der Waals surface area contributed by atoms with Gasteiger partial charge >= 0.3 is 5.97 Å². The summed E-state index contributed by atoms with van der Waals surface area (Å²) in [6, 6.07) is 5.92. The highest BCUT2D eigenvalue weighted by Gasteiger charge is 2.15. The summed E-state index contributed by atoms with van der Waals surface area (Å²) in [5, 5.41) is 14.8. The first-order valence-corrected chi connectivity index (χ1v) is 6.41. The summed E-state index contributed by atoms with van der Waals surface area (Å²) < 4.78 is 0. The number of rotatable bonds is 5. The van der Waals surface area contributed by atoms with E-state index in [4.69, 9.17) is 5.11 Å². The van der Waals surface area contributed by atoms with Crippen LogP contribution in [0.5, 0.6) is 0 Å². The molecule has 0 aliphatic carbocycles. The first-order chi connectivity index (χ1) is 9.06. The Bertz CT molecular complexity index is 499. The van der Waals surface area contributed by atoms with E-state index in [0.29, 0.717) is 19.5 Å². The van der Waals surface area contributed by atoms with E-state index < -0.39 is 11.9 Å². The van der Waals surface area contributed by atoms with Gasteiger partial charge in [-0.25, -0.2) is 0 Å². The summed E-state index contributed by atoms with van der Waals surface area (Å²) in [5.74, 6) is -1.12. The van der Waals surface area contributed by atoms with Crippen LogP contribution in [-0.2, 0) is 22.6 Å². The largest absolute Gasteiger partial charge is 0.481 e. The molecule has 1 heterocycles. The molecule has 0 spiro atoms. The highest BCUT2D eigenvalue weighted by Crippen LogP contribution is 2.23. The summed E-state index contributed by atoms with van der Waals surface area (Å²) in [6.45, 7) is 2.76. The smallest absolute Gasteiger partial charge is 0.307 e. The van der Waals surface area contributed by atoms with Gasteiger partial charge in [0.15, 0.2) is 0 Å². The maximum atomic E-state index is 11.2. The number of amides is 1. The highest BCUT2D eigenvalue weighted by molar-refractivity contribution is 5.93. The van der Waals surface area contributed by atoms with E-state index in [1.54, 1.807) is 6.92 Å². The van der Waals surface area contributed by atoms with Gasteiger partial charge in [-0.3, -0.25) is 9.59 Å². The number of hydrogen-bond donors (Lipinski definition) is 3. The second-order valence-electron chi connectivity index (χ2n) is 4.91. The molecule has 0 fully saturated rings. The summed E-state index contributed by atoms with van der Waals surface area (Å²) in [6.07, 6.45) is 1.29. The Morgan fingerprint density at radius 2 is 2.26 bits per heavy atom. The molecule has 19 heavy (non-hydrogen) atoms. The van der Waals surface area contributed by atoms with Gasteiger partial charge in [-0.1, -0.05) is 19.1 Å². The van der Waals surface area contributed by atoms with E-state index in [2.05, 4.69) is 16.7 Å². The molecule has 1 atom stereocenters. The number of hydrogen-bond acceptors (Lipinski definition) is 3. The van der Waals surface area contributed by atoms with Crippen LogP contribution in [0.2, 0.25) is 0 Å². The second kappa shape index (κ2) is 5.84. The van der Waals surface area contributed by atoms with Crippen LogP contribution in [0.3, 0.4) is 0 Å². The van der Waals surface area contributed by atoms with Gasteiger partial charge in [-0.05, 0) is 23.6 Å². The van der Waals surface area contributed by atoms with Crippen molar-refractivity contribution in [2.24, 2.45) is 5.92 Å². The number of carbonyl (C=O) groups excluding carboxylic acids is 1. The Hall–Kier alpha value is -1.88. The van der Waals surface area contributed by atoms with Crippen LogP contribution >= 0.6 is 0 Å². The van der Waals surface area contributed by atoms with Crippen LogP contribution in [0.15, 0.2) is 18.2 Å². The zero-order valence-corrected chi connectivity index (χ0v) is 10.9. The van der Waals surface area contributed by atoms with Gasteiger partial charge in [0.25, 0.3) is 0 Å². The lowest BCUT2D eigenvalue weighted by atomic mass is 10.0. The lowest BCUT2D eigenvalue weighted by molar-refractivity contribution is -0.140. The number of aryl methyl sites for hydroxylation is 1. The van der Waals surface area contributed by atoms with Crippen LogP contribution in [0, 0.1) is 5.92 Å². The third-order valence-electron chi connectivity index (χ3n) is 3.27. The van der Waals surface area contributed by atoms with Crippen LogP contribution in [0.4, 0.5) is 5.69 Å². The Labute approximate surface area is 112 Å². The second-order valence-corrected chi connectivity index (χ2v) is 4.91. The number of anilines is 1. The topological polar surface area (TPSA) is 78.4 Å². The molecule has 2 rings (SSSR count). The molecule has 1 unspecified atom stereocenters. The summed E-state index contributed by atoms with van der Waals surface area (Å²) in [7, 11) is 0. The standard InChI is InChI=1S/C14H18N2O3/c1-9(14(18)19)7-15-8-10-2-4-12-11(6-10)3-5-13(17)16-12/h2,4,6,9,15H,3,5,7-8H2,1H3,(H,16,17)(H,18,19). The molecule has 102 valence electrons. The van der Waals surface area contributed by atoms with E-state index in [0.717, 1.165) is 23.2 Å². The molecule has 1 aromatic rings. The molecule has 1 aromatic carbocycles. The fraction of sp³-hybridized carbons (Fsp3) is 0.429. The molecule has 5 heteroatoms. The first kappa shape index (κ1) is 13.5. The summed E-state index contributed by atoms with van der Waals surface area (Å²) >= 11 is 0. The quantitative estimate of drug-likeness (QED) is 0.749. The van der Waals surface area contributed by atoms with Crippen molar-refractivity contribution >= 4 is 17.6 Å². The van der Waals surface area contributed by atoms with Gasteiger partial charge in [0.05, 0.1) is 5.92 Å². The fourth-order valence-electron chi connectivity index (χ4n) is 2.07. The average Bonchev–Trinajstić information content (AvgIpc) is 2.38. The third kappa shape index (κ3) is 3.54. The highest BCUT2D eigenvalue weighted by atomic mass is 16.4. The number of carboxylic acids is 1. The molecular formula is C14H18N2O3. The van der Waals surface area contributed by atoms with Crippen molar-refractivity contribution in [3.05, 3.63) is 29.3 Å². The van der Waals surface area contributed by atoms with Crippen molar-refractivity contribution < 1.29 is 14.7 Å². The van der Waals surface area contributed by atoms with Gasteiger partial charge in [0.2, 0.25) is 5.91 Å². The predicted molar refractivity (Wildman–Crippen MR) is 71.9 cm³/mol. The first-order valence-electron chi connectivity index (χ1n) is 6.41. The van der Waals surface area contributed by atoms with Crippen LogP contribution in [0.25, 0.3) is 0 Å². The minimum atomic E-state index is -0.791. The van der Waals surface area contributed by atoms with Crippen molar-refractivity contribution in [2.45, 2.75) is 26.3 Å². The van der Waals surface area contributed by atoms with Crippen LogP contribution in [0.1, 0.15) is 24.5 Å². The van der Waals surface area contributed by atoms with Gasteiger partial charge in [0, 0.05) is 25.2 Å². The average molecular weight is 262 g/mol. The summed E-state index contributed by atoms with van der Waals surface area (Å²) in [4.78, 5) is 21.9. The lowest BCUT2D eigenvalue weighted by Crippen LogP contribution is -2.26. The fourth-order valence-corrected chi connectivity index (χ4v) is 2.07. The maximum absolute atomic E-state index is 11.2. The summed E-state index contributed by atoms with van der Waals surface area (Å²) in [5.41, 5.74) is 3.14. The van der Waals surface area contributed by atoms with Gasteiger partial charge in [-0.15, -0.1) is 0 Å². The number of carbonyl (C=O) groups is 2. The molecule has 1 aliphatic heterocycles. The van der Waals surface area contributed by atoms with Crippen molar-refractivity contribution in [1.29, 1.82) is 0 Å². The Morgan fingerprint density at radius 3 is 3.00 bits per heavy atom. The molecule has 1 amide bonds. The minimum absolute atomic E-state index is 0.0636. The Morgan fingerprint density at radius 1 is 1.47 bits per heavy atom. The predicted octanol–water partition coefficient (Wildman–Crippen LogP) is 1.38. The Balaban J connectivity index is 1.92. The molecule has 0 radical (unpaired) electrons. The zero-order chi connectivity index (χ0) is 13.8. The zero-order valence-electron chi connectivity index (χ0n) is 10.9. The maximum Gasteiger partial charge on any atom is 0.307 e. The molecular weight excluding hydrogens is 244 g/mol. The van der Waals surface area contributed by atoms with Crippen molar-refractivity contribution in [3.63, 3.8) is 0 Å². The molecule has 0 bridgehead atoms. The molecule has 0 saturated carbocycles. The van der Waals surface area contributed by atoms with E-state index in [9.17, 15) is 9.59 Å². The van der Waals surface area contributed by atoms with Crippen LogP contribution in [-0.4, -0.2) is 23.5 Å². The number of aliphatic carboxylic acids is 1. The van der Waals surface area contributed by atoms with Crippen molar-refractivity contribution in [3.8, 4) is 0 Å². The van der Waals surface area contributed by atoms with E-state index >= 15 is 0 Å². The molecule has 0 aromatic heterocycles. The van der Waals surface area contributed by atoms with E-state index in [-0.39, 0.29) is 5.91 Å². The normalized spacial score (nSPS) is 15.5. The lowest BCUT2D eigenvalue weighted by Gasteiger charge is -2.18. The van der Waals surface area contributed by atoms with Crippen LogP contribution < -0.4 is 10.6 Å². The third-order valence-corrected chi connectivity index (χ3v) is 3.27.